The van der Waals surface area contributed by atoms with E-state index in [1.807, 2.05) is 11.1 Å². The molecule has 1 aromatic heterocycles. The third kappa shape index (κ3) is 3.24. The molecule has 1 saturated carbocycles. The van der Waals surface area contributed by atoms with Crippen LogP contribution < -0.4 is 4.90 Å². The topological polar surface area (TPSA) is 52.6 Å². The van der Waals surface area contributed by atoms with Crippen molar-refractivity contribution in [3.8, 4) is 0 Å². The van der Waals surface area contributed by atoms with Crippen LogP contribution >= 0.6 is 0 Å². The molecule has 0 radical (unpaired) electrons. The number of carbonyl (C=O) groups excluding carboxylic acids is 1. The fourth-order valence-electron chi connectivity index (χ4n) is 5.24. The summed E-state index contributed by atoms with van der Waals surface area (Å²) in [5.74, 6) is 2.76. The summed E-state index contributed by atoms with van der Waals surface area (Å²) in [4.78, 5) is 27.3. The van der Waals surface area contributed by atoms with Crippen LogP contribution in [0.5, 0.6) is 0 Å². The molecule has 3 aliphatic rings. The SMILES string of the molecule is CC(=O)N1CCC(N2C[C@H]3CC[C@@H](N(C)c4cnccn4)[C@H]3C2)CC1. The Morgan fingerprint density at radius 3 is 2.64 bits per heavy atom. The van der Waals surface area contributed by atoms with Crippen molar-refractivity contribution in [1.82, 2.24) is 19.8 Å². The lowest BCUT2D eigenvalue weighted by Gasteiger charge is -2.37. The van der Waals surface area contributed by atoms with E-state index in [2.05, 4.69) is 26.8 Å². The number of hydrogen-bond acceptors (Lipinski definition) is 5. The second kappa shape index (κ2) is 6.90. The first-order valence-corrected chi connectivity index (χ1v) is 9.62. The lowest BCUT2D eigenvalue weighted by atomic mass is 9.97. The Morgan fingerprint density at radius 1 is 1.16 bits per heavy atom. The molecule has 2 aliphatic heterocycles. The summed E-state index contributed by atoms with van der Waals surface area (Å²) in [7, 11) is 2.17. The van der Waals surface area contributed by atoms with Crippen LogP contribution in [0.1, 0.15) is 32.6 Å². The van der Waals surface area contributed by atoms with Gasteiger partial charge in [-0.15, -0.1) is 0 Å². The predicted octanol–water partition coefficient (Wildman–Crippen LogP) is 1.63. The van der Waals surface area contributed by atoms with Gasteiger partial charge >= 0.3 is 0 Å². The van der Waals surface area contributed by atoms with Crippen LogP contribution in [0, 0.1) is 11.8 Å². The fraction of sp³-hybridized carbons (Fsp3) is 0.737. The van der Waals surface area contributed by atoms with Gasteiger partial charge in [-0.3, -0.25) is 14.7 Å². The number of hydrogen-bond donors (Lipinski definition) is 0. The smallest absolute Gasteiger partial charge is 0.219 e. The molecule has 0 spiro atoms. The van der Waals surface area contributed by atoms with Gasteiger partial charge in [-0.2, -0.15) is 0 Å². The molecule has 6 nitrogen and oxygen atoms in total. The molecule has 25 heavy (non-hydrogen) atoms. The normalized spacial score (nSPS) is 30.5. The van der Waals surface area contributed by atoms with E-state index in [0.717, 1.165) is 43.6 Å². The third-order valence-electron chi connectivity index (χ3n) is 6.68. The number of anilines is 1. The summed E-state index contributed by atoms with van der Waals surface area (Å²) in [6.45, 7) is 5.97. The highest BCUT2D eigenvalue weighted by Crippen LogP contribution is 2.42. The van der Waals surface area contributed by atoms with Crippen molar-refractivity contribution in [2.24, 2.45) is 11.8 Å². The second-order valence-electron chi connectivity index (χ2n) is 7.93. The molecular weight excluding hydrogens is 314 g/mol. The number of rotatable bonds is 3. The molecule has 136 valence electrons. The van der Waals surface area contributed by atoms with Gasteiger partial charge in [-0.1, -0.05) is 0 Å². The van der Waals surface area contributed by atoms with Crippen molar-refractivity contribution in [2.45, 2.75) is 44.7 Å². The van der Waals surface area contributed by atoms with Crippen molar-refractivity contribution < 1.29 is 4.79 Å². The maximum Gasteiger partial charge on any atom is 0.219 e. The number of likely N-dealkylation sites (tertiary alicyclic amines) is 2. The Balaban J connectivity index is 1.38. The maximum atomic E-state index is 11.5. The largest absolute Gasteiger partial charge is 0.355 e. The first kappa shape index (κ1) is 16.8. The van der Waals surface area contributed by atoms with Gasteiger partial charge < -0.3 is 9.80 Å². The van der Waals surface area contributed by atoms with Crippen LogP contribution in [0.3, 0.4) is 0 Å². The third-order valence-corrected chi connectivity index (χ3v) is 6.68. The standard InChI is InChI=1S/C19H29N5O/c1-14(25)23-9-5-16(6-10-23)24-12-15-3-4-18(17(15)13-24)22(2)19-11-20-7-8-21-19/h7-8,11,15-18H,3-6,9-10,12-13H2,1-2H3/t15-,17+,18-/m1/s1. The zero-order valence-electron chi connectivity index (χ0n) is 15.3. The van der Waals surface area contributed by atoms with Crippen LogP contribution in [0.4, 0.5) is 5.82 Å². The molecule has 0 N–H and O–H groups in total. The van der Waals surface area contributed by atoms with Gasteiger partial charge in [0.15, 0.2) is 0 Å². The summed E-state index contributed by atoms with van der Waals surface area (Å²) in [6.07, 6.45) is 10.2. The number of aromatic nitrogens is 2. The van der Waals surface area contributed by atoms with Gasteiger partial charge in [0.1, 0.15) is 5.82 Å². The molecule has 0 bridgehead atoms. The van der Waals surface area contributed by atoms with E-state index in [0.29, 0.717) is 12.1 Å². The summed E-state index contributed by atoms with van der Waals surface area (Å²) < 4.78 is 0. The molecule has 1 amide bonds. The molecular formula is C19H29N5O. The first-order chi connectivity index (χ1) is 12.1. The van der Waals surface area contributed by atoms with Crippen LogP contribution in [0.2, 0.25) is 0 Å². The second-order valence-corrected chi connectivity index (χ2v) is 7.93. The fourth-order valence-corrected chi connectivity index (χ4v) is 5.24. The van der Waals surface area contributed by atoms with Gasteiger partial charge in [-0.05, 0) is 37.5 Å². The van der Waals surface area contributed by atoms with E-state index in [4.69, 9.17) is 0 Å². The van der Waals surface area contributed by atoms with Gasteiger partial charge in [0.25, 0.3) is 0 Å². The maximum absolute atomic E-state index is 11.5. The molecule has 4 rings (SSSR count). The molecule has 3 fully saturated rings. The summed E-state index contributed by atoms with van der Waals surface area (Å²) in [6, 6.07) is 1.23. The van der Waals surface area contributed by atoms with E-state index < -0.39 is 0 Å². The minimum Gasteiger partial charge on any atom is -0.355 e. The first-order valence-electron chi connectivity index (χ1n) is 9.62. The minimum absolute atomic E-state index is 0.224. The van der Waals surface area contributed by atoms with Gasteiger partial charge in [0.05, 0.1) is 6.20 Å². The Hall–Kier alpha value is -1.69. The number of nitrogens with zero attached hydrogens (tertiary/aromatic N) is 5. The van der Waals surface area contributed by atoms with Gasteiger partial charge in [-0.25, -0.2) is 4.98 Å². The quantitative estimate of drug-likeness (QED) is 0.835. The Bertz CT molecular complexity index is 601. The monoisotopic (exact) mass is 343 g/mol. The molecule has 0 unspecified atom stereocenters. The molecule has 2 saturated heterocycles. The minimum atomic E-state index is 0.224. The highest BCUT2D eigenvalue weighted by Gasteiger charge is 2.46. The van der Waals surface area contributed by atoms with Crippen molar-refractivity contribution >= 4 is 11.7 Å². The van der Waals surface area contributed by atoms with Crippen molar-refractivity contribution in [1.29, 1.82) is 0 Å². The summed E-state index contributed by atoms with van der Waals surface area (Å²) in [5, 5.41) is 0. The van der Waals surface area contributed by atoms with E-state index in [9.17, 15) is 4.79 Å². The molecule has 1 aromatic rings. The van der Waals surface area contributed by atoms with E-state index in [1.165, 1.54) is 25.9 Å². The molecule has 3 atom stereocenters. The van der Waals surface area contributed by atoms with Gasteiger partial charge in [0, 0.05) is 64.6 Å². The lowest BCUT2D eigenvalue weighted by molar-refractivity contribution is -0.130. The van der Waals surface area contributed by atoms with Crippen molar-refractivity contribution in [2.75, 3.05) is 38.1 Å². The van der Waals surface area contributed by atoms with Crippen molar-refractivity contribution in [3.05, 3.63) is 18.6 Å². The zero-order chi connectivity index (χ0) is 17.4. The highest BCUT2D eigenvalue weighted by molar-refractivity contribution is 5.73. The van der Waals surface area contributed by atoms with E-state index >= 15 is 0 Å². The molecule has 6 heteroatoms. The molecule has 3 heterocycles. The van der Waals surface area contributed by atoms with Crippen LogP contribution in [0.25, 0.3) is 0 Å². The Kier molecular flexibility index (Phi) is 4.63. The zero-order valence-corrected chi connectivity index (χ0v) is 15.3. The molecule has 1 aliphatic carbocycles. The summed E-state index contributed by atoms with van der Waals surface area (Å²) >= 11 is 0. The Labute approximate surface area is 150 Å². The average molecular weight is 343 g/mol. The number of carbonyl (C=O) groups is 1. The van der Waals surface area contributed by atoms with Gasteiger partial charge in [0.2, 0.25) is 5.91 Å². The van der Waals surface area contributed by atoms with Crippen LogP contribution in [-0.4, -0.2) is 71.0 Å². The van der Waals surface area contributed by atoms with Crippen LogP contribution in [-0.2, 0) is 4.79 Å². The lowest BCUT2D eigenvalue weighted by Crippen LogP contribution is -2.46. The number of fused-ring (bicyclic) bond motifs is 1. The van der Waals surface area contributed by atoms with E-state index in [-0.39, 0.29) is 5.91 Å². The van der Waals surface area contributed by atoms with Crippen molar-refractivity contribution in [3.63, 3.8) is 0 Å². The van der Waals surface area contributed by atoms with Crippen LogP contribution in [0.15, 0.2) is 18.6 Å². The number of amides is 1. The Morgan fingerprint density at radius 2 is 1.96 bits per heavy atom. The predicted molar refractivity (Wildman–Crippen MR) is 97.3 cm³/mol. The number of piperidine rings is 1. The summed E-state index contributed by atoms with van der Waals surface area (Å²) in [5.41, 5.74) is 0. The van der Waals surface area contributed by atoms with E-state index in [1.54, 1.807) is 19.3 Å². The molecule has 0 aromatic carbocycles. The average Bonchev–Trinajstić information content (AvgIpc) is 3.22. The highest BCUT2D eigenvalue weighted by atomic mass is 16.2.